The van der Waals surface area contributed by atoms with Gasteiger partial charge < -0.3 is 30.3 Å². The number of carbonyl (C=O) groups excluding carboxylic acids is 1. The van der Waals surface area contributed by atoms with Crippen LogP contribution < -0.4 is 10.6 Å². The first kappa shape index (κ1) is 31.2. The van der Waals surface area contributed by atoms with Crippen molar-refractivity contribution in [2.24, 2.45) is 0 Å². The third kappa shape index (κ3) is 8.03. The molecule has 1 fully saturated rings. The minimum absolute atomic E-state index is 0.0350. The molecule has 0 spiro atoms. The summed E-state index contributed by atoms with van der Waals surface area (Å²) < 4.78 is 12.9. The predicted octanol–water partition coefficient (Wildman–Crippen LogP) is 6.10. The van der Waals surface area contributed by atoms with Gasteiger partial charge in [0.25, 0.3) is 0 Å². The Hall–Kier alpha value is -4.22. The highest BCUT2D eigenvalue weighted by Gasteiger charge is 2.32. The van der Waals surface area contributed by atoms with Crippen molar-refractivity contribution in [3.05, 3.63) is 119 Å². The van der Waals surface area contributed by atoms with Crippen molar-refractivity contribution in [3.63, 3.8) is 0 Å². The van der Waals surface area contributed by atoms with Gasteiger partial charge in [-0.3, -0.25) is 0 Å². The molecule has 0 radical (unpaired) electrons. The zero-order valence-corrected chi connectivity index (χ0v) is 25.1. The van der Waals surface area contributed by atoms with Crippen molar-refractivity contribution in [2.75, 3.05) is 12.3 Å². The minimum atomic E-state index is -1.02. The molecule has 228 valence electrons. The van der Waals surface area contributed by atoms with E-state index in [0.29, 0.717) is 30.3 Å². The Labute approximate surface area is 260 Å². The van der Waals surface area contributed by atoms with Crippen LogP contribution in [0.3, 0.4) is 0 Å². The van der Waals surface area contributed by atoms with E-state index in [1.54, 1.807) is 18.3 Å². The van der Waals surface area contributed by atoms with Crippen molar-refractivity contribution in [1.82, 2.24) is 15.6 Å². The molecule has 9 nitrogen and oxygen atoms in total. The van der Waals surface area contributed by atoms with E-state index in [-0.39, 0.29) is 30.4 Å². The minimum Gasteiger partial charge on any atom is -0.478 e. The molecule has 3 atom stereocenters. The Balaban J connectivity index is 1.33. The highest BCUT2D eigenvalue weighted by atomic mass is 32.2. The second kappa shape index (κ2) is 15.0. The Morgan fingerprint density at radius 1 is 0.909 bits per heavy atom. The average molecular weight is 614 g/mol. The summed E-state index contributed by atoms with van der Waals surface area (Å²) >= 11 is 1.36. The van der Waals surface area contributed by atoms with E-state index in [2.05, 4.69) is 21.7 Å². The fraction of sp³-hybridized carbons (Fsp3) is 0.265. The van der Waals surface area contributed by atoms with Gasteiger partial charge in [-0.25, -0.2) is 14.6 Å². The topological polar surface area (TPSA) is 130 Å². The number of carbonyl (C=O) groups is 2. The molecule has 4 aromatic rings. The van der Waals surface area contributed by atoms with Crippen LogP contribution in [0.2, 0.25) is 0 Å². The number of amides is 2. The summed E-state index contributed by atoms with van der Waals surface area (Å²) in [4.78, 5) is 27.8. The third-order valence-corrected chi connectivity index (χ3v) is 8.39. The number of nitrogens with zero attached hydrogens (tertiary/aromatic N) is 1. The second-order valence-electron chi connectivity index (χ2n) is 10.4. The lowest BCUT2D eigenvalue weighted by atomic mass is 9.99. The quantitative estimate of drug-likeness (QED) is 0.150. The first-order valence-corrected chi connectivity index (χ1v) is 15.4. The summed E-state index contributed by atoms with van der Waals surface area (Å²) in [6, 6.07) is 26.7. The number of rotatable bonds is 11. The molecule has 2 amide bonds. The number of carboxylic acid groups (broad SMARTS) is 1. The van der Waals surface area contributed by atoms with Crippen molar-refractivity contribution >= 4 is 23.8 Å². The number of ether oxygens (including phenoxy) is 2. The molecule has 0 bridgehead atoms. The predicted molar refractivity (Wildman–Crippen MR) is 168 cm³/mol. The summed E-state index contributed by atoms with van der Waals surface area (Å²) in [6.45, 7) is 2.83. The number of urea groups is 1. The van der Waals surface area contributed by atoms with Gasteiger partial charge in [0.05, 0.1) is 24.4 Å². The number of hydrogen-bond acceptors (Lipinski definition) is 7. The van der Waals surface area contributed by atoms with Gasteiger partial charge in [-0.2, -0.15) is 0 Å². The van der Waals surface area contributed by atoms with Crippen molar-refractivity contribution < 1.29 is 29.3 Å². The number of aliphatic hydroxyl groups excluding tert-OH is 1. The fourth-order valence-corrected chi connectivity index (χ4v) is 5.97. The standard InChI is InChI=1S/C34H35N3O6S/c1-2-35-34(41)37-19-23-5-3-6-27(17-23)24-12-14-26(15-13-24)33-42-28(21-44-31-29(32(39)40)7-4-16-36-31)18-30(43-33)25-10-8-22(20-38)9-11-25/h3-17,28,30,33,38H,2,18-21H2,1H3,(H,39,40)(H2,35,37,41)/t28-,30+,33+/m0/s1. The number of benzene rings is 3. The monoisotopic (exact) mass is 613 g/mol. The third-order valence-electron chi connectivity index (χ3n) is 7.26. The first-order valence-electron chi connectivity index (χ1n) is 14.5. The number of thioether (sulfide) groups is 1. The zero-order valence-electron chi connectivity index (χ0n) is 24.3. The molecule has 2 heterocycles. The molecule has 1 aliphatic rings. The maximum Gasteiger partial charge on any atom is 0.338 e. The Morgan fingerprint density at radius 3 is 2.41 bits per heavy atom. The smallest absolute Gasteiger partial charge is 0.338 e. The number of aromatic nitrogens is 1. The van der Waals surface area contributed by atoms with Crippen LogP contribution >= 0.6 is 11.8 Å². The fourth-order valence-electron chi connectivity index (χ4n) is 4.96. The van der Waals surface area contributed by atoms with Crippen molar-refractivity contribution in [2.45, 2.75) is 50.0 Å². The van der Waals surface area contributed by atoms with Crippen LogP contribution in [0.25, 0.3) is 11.1 Å². The summed E-state index contributed by atoms with van der Waals surface area (Å²) in [5.74, 6) is -0.519. The van der Waals surface area contributed by atoms with Crippen LogP contribution in [-0.2, 0) is 22.6 Å². The number of pyridine rings is 1. The molecule has 5 rings (SSSR count). The molecule has 3 aromatic carbocycles. The Kier molecular flexibility index (Phi) is 10.6. The summed E-state index contributed by atoms with van der Waals surface area (Å²) in [5.41, 5.74) is 5.85. The number of hydrogen-bond donors (Lipinski definition) is 4. The lowest BCUT2D eigenvalue weighted by Gasteiger charge is -2.36. The van der Waals surface area contributed by atoms with Crippen LogP contribution in [0.5, 0.6) is 0 Å². The Bertz CT molecular complexity index is 1560. The van der Waals surface area contributed by atoms with Gasteiger partial charge in [0.15, 0.2) is 6.29 Å². The molecule has 0 aliphatic carbocycles. The van der Waals surface area contributed by atoms with Crippen molar-refractivity contribution in [3.8, 4) is 11.1 Å². The maximum absolute atomic E-state index is 11.8. The van der Waals surface area contributed by atoms with Gasteiger partial charge in [0.2, 0.25) is 0 Å². The van der Waals surface area contributed by atoms with Gasteiger partial charge in [0, 0.05) is 37.0 Å². The lowest BCUT2D eigenvalue weighted by molar-refractivity contribution is -0.245. The van der Waals surface area contributed by atoms with Crippen LogP contribution in [0.4, 0.5) is 4.79 Å². The van der Waals surface area contributed by atoms with E-state index in [1.807, 2.05) is 73.7 Å². The van der Waals surface area contributed by atoms with Crippen molar-refractivity contribution in [1.29, 1.82) is 0 Å². The normalized spacial score (nSPS) is 18.0. The van der Waals surface area contributed by atoms with E-state index in [1.165, 1.54) is 11.8 Å². The van der Waals surface area contributed by atoms with Crippen LogP contribution in [0.1, 0.15) is 58.4 Å². The van der Waals surface area contributed by atoms with Crippen LogP contribution in [0, 0.1) is 0 Å². The second-order valence-corrected chi connectivity index (χ2v) is 11.4. The molecule has 1 saturated heterocycles. The summed E-state index contributed by atoms with van der Waals surface area (Å²) in [6.07, 6.45) is 1.03. The molecule has 1 aliphatic heterocycles. The van der Waals surface area contributed by atoms with E-state index in [9.17, 15) is 19.8 Å². The highest BCUT2D eigenvalue weighted by Crippen LogP contribution is 2.40. The van der Waals surface area contributed by atoms with Gasteiger partial charge in [0.1, 0.15) is 5.03 Å². The molecule has 0 saturated carbocycles. The van der Waals surface area contributed by atoms with Gasteiger partial charge >= 0.3 is 12.0 Å². The van der Waals surface area contributed by atoms with E-state index in [0.717, 1.165) is 33.4 Å². The van der Waals surface area contributed by atoms with Gasteiger partial charge in [-0.05, 0) is 52.9 Å². The molecule has 1 aromatic heterocycles. The molecule has 10 heteroatoms. The van der Waals surface area contributed by atoms with E-state index >= 15 is 0 Å². The number of nitrogens with one attached hydrogen (secondary N) is 2. The Morgan fingerprint density at radius 2 is 1.68 bits per heavy atom. The average Bonchev–Trinajstić information content (AvgIpc) is 3.07. The summed E-state index contributed by atoms with van der Waals surface area (Å²) in [5, 5.41) is 25.1. The number of aliphatic hydroxyl groups is 1. The molecule has 0 unspecified atom stereocenters. The SMILES string of the molecule is CCNC(=O)NCc1cccc(-c2ccc([C@@H]3O[C@H](CSc4ncccc4C(=O)O)C[C@H](c4ccc(CO)cc4)O3)cc2)c1. The lowest BCUT2D eigenvalue weighted by Crippen LogP contribution is -2.34. The largest absolute Gasteiger partial charge is 0.478 e. The van der Waals surface area contributed by atoms with E-state index in [4.69, 9.17) is 9.47 Å². The zero-order chi connectivity index (χ0) is 30.9. The molecular weight excluding hydrogens is 578 g/mol. The van der Waals surface area contributed by atoms with Crippen LogP contribution in [0.15, 0.2) is 96.2 Å². The number of aromatic carboxylic acids is 1. The van der Waals surface area contributed by atoms with Gasteiger partial charge in [-0.1, -0.05) is 66.7 Å². The van der Waals surface area contributed by atoms with Crippen LogP contribution in [-0.4, -0.2) is 45.6 Å². The molecular formula is C34H35N3O6S. The first-order chi connectivity index (χ1) is 21.4. The van der Waals surface area contributed by atoms with Gasteiger partial charge in [-0.15, -0.1) is 11.8 Å². The number of carboxylic acids is 1. The highest BCUT2D eigenvalue weighted by molar-refractivity contribution is 7.99. The summed E-state index contributed by atoms with van der Waals surface area (Å²) in [7, 11) is 0. The molecule has 4 N–H and O–H groups in total. The van der Waals surface area contributed by atoms with E-state index < -0.39 is 12.3 Å². The molecule has 44 heavy (non-hydrogen) atoms. The maximum atomic E-state index is 11.8.